The topological polar surface area (TPSA) is 11.4 Å². The van der Waals surface area contributed by atoms with Crippen LogP contribution in [0, 0.1) is 0 Å². The molecule has 12 aromatic carbocycles. The van der Waals surface area contributed by atoms with Gasteiger partial charge in [0.05, 0.1) is 28.1 Å². The van der Waals surface area contributed by atoms with Crippen LogP contribution in [0.5, 0.6) is 0 Å². The van der Waals surface area contributed by atoms with Crippen LogP contribution in [0.25, 0.3) is 82.1 Å². The summed E-state index contributed by atoms with van der Waals surface area (Å²) in [7, 11) is 0. The van der Waals surface area contributed by atoms with Gasteiger partial charge in [0.2, 0.25) is 0 Å². The molecule has 324 valence electrons. The van der Waals surface area contributed by atoms with Crippen molar-refractivity contribution in [3.8, 4) is 27.9 Å². The summed E-state index contributed by atoms with van der Waals surface area (Å²) in [5.74, 6) is 0. The minimum atomic E-state index is 1.09. The van der Waals surface area contributed by atoms with Crippen molar-refractivity contribution >= 4 is 88.2 Å². The fourth-order valence-corrected chi connectivity index (χ4v) is 10.6. The van der Waals surface area contributed by atoms with E-state index in [2.05, 4.69) is 287 Å². The van der Waals surface area contributed by atoms with Gasteiger partial charge in [0.25, 0.3) is 0 Å². The van der Waals surface area contributed by atoms with Crippen molar-refractivity contribution in [2.24, 2.45) is 0 Å². The molecule has 0 N–H and O–H groups in total. The molecular weight excluding hydrogens is 835 g/mol. The lowest BCUT2D eigenvalue weighted by molar-refractivity contribution is 1.19. The highest BCUT2D eigenvalue weighted by molar-refractivity contribution is 6.32. The van der Waals surface area contributed by atoms with Crippen LogP contribution in [-0.4, -0.2) is 4.57 Å². The smallest absolute Gasteiger partial charge is 0.0568 e. The summed E-state index contributed by atoms with van der Waals surface area (Å²) in [5, 5.41) is 9.59. The van der Waals surface area contributed by atoms with Crippen LogP contribution in [0.15, 0.2) is 273 Å². The van der Waals surface area contributed by atoms with E-state index < -0.39 is 0 Å². The Labute approximate surface area is 401 Å². The van der Waals surface area contributed by atoms with Crippen LogP contribution in [-0.2, 0) is 0 Å². The monoisotopic (exact) mass is 879 g/mol. The molecule has 0 atom stereocenters. The van der Waals surface area contributed by atoms with Crippen LogP contribution in [0.4, 0.5) is 34.1 Å². The molecule has 3 heteroatoms. The van der Waals surface area contributed by atoms with Gasteiger partial charge in [-0.1, -0.05) is 206 Å². The molecule has 0 fully saturated rings. The molecule has 13 aromatic rings. The number of rotatable bonds is 9. The molecule has 0 unspecified atom stereocenters. The molecule has 0 saturated heterocycles. The average Bonchev–Trinajstić information content (AvgIpc) is 3.76. The maximum Gasteiger partial charge on any atom is 0.0568 e. The van der Waals surface area contributed by atoms with E-state index >= 15 is 0 Å². The van der Waals surface area contributed by atoms with E-state index in [9.17, 15) is 0 Å². The third-order valence-electron chi connectivity index (χ3n) is 13.7. The summed E-state index contributed by atoms with van der Waals surface area (Å²) in [6, 6.07) is 99.3. The van der Waals surface area contributed by atoms with Crippen molar-refractivity contribution in [2.75, 3.05) is 9.80 Å². The van der Waals surface area contributed by atoms with Gasteiger partial charge in [-0.25, -0.2) is 0 Å². The molecular formula is C66H45N3. The molecule has 0 spiro atoms. The largest absolute Gasteiger partial charge is 0.310 e. The number of para-hydroxylation sites is 2. The molecule has 13 rings (SSSR count). The Morgan fingerprint density at radius 1 is 0.246 bits per heavy atom. The van der Waals surface area contributed by atoms with E-state index in [4.69, 9.17) is 0 Å². The molecule has 3 nitrogen and oxygen atoms in total. The van der Waals surface area contributed by atoms with E-state index in [1.807, 2.05) is 0 Å². The summed E-state index contributed by atoms with van der Waals surface area (Å²) in [6.45, 7) is 0. The first-order valence-electron chi connectivity index (χ1n) is 23.7. The first-order valence-corrected chi connectivity index (χ1v) is 23.7. The first kappa shape index (κ1) is 40.1. The van der Waals surface area contributed by atoms with Crippen LogP contribution < -0.4 is 9.80 Å². The second kappa shape index (κ2) is 16.9. The maximum absolute atomic E-state index is 2.54. The molecule has 0 aliphatic carbocycles. The normalized spacial score (nSPS) is 11.5. The Kier molecular flexibility index (Phi) is 9.84. The highest BCUT2D eigenvalue weighted by atomic mass is 15.2. The lowest BCUT2D eigenvalue weighted by atomic mass is 9.96. The molecule has 69 heavy (non-hydrogen) atoms. The van der Waals surface area contributed by atoms with E-state index in [0.29, 0.717) is 0 Å². The first-order chi connectivity index (χ1) is 34.3. The van der Waals surface area contributed by atoms with Crippen molar-refractivity contribution in [3.63, 3.8) is 0 Å². The van der Waals surface area contributed by atoms with Gasteiger partial charge >= 0.3 is 0 Å². The van der Waals surface area contributed by atoms with Gasteiger partial charge in [0.15, 0.2) is 0 Å². The summed E-state index contributed by atoms with van der Waals surface area (Å²) >= 11 is 0. The lowest BCUT2D eigenvalue weighted by Gasteiger charge is -2.27. The number of anilines is 6. The minimum absolute atomic E-state index is 1.09. The number of nitrogens with zero attached hydrogens (tertiary/aromatic N) is 3. The fraction of sp³-hybridized carbons (Fsp3) is 0. The molecule has 1 aromatic heterocycles. The summed E-state index contributed by atoms with van der Waals surface area (Å²) in [6.07, 6.45) is 0. The van der Waals surface area contributed by atoms with Crippen LogP contribution >= 0.6 is 0 Å². The second-order valence-electron chi connectivity index (χ2n) is 17.7. The zero-order chi connectivity index (χ0) is 45.7. The number of hydrogen-bond acceptors (Lipinski definition) is 2. The van der Waals surface area contributed by atoms with Crippen molar-refractivity contribution in [1.29, 1.82) is 0 Å². The lowest BCUT2D eigenvalue weighted by Crippen LogP contribution is -2.11. The molecule has 0 amide bonds. The average molecular weight is 880 g/mol. The SMILES string of the molecule is c1ccc(-c2ccc(N(c3ccccc3)c3cc4c(c5ccccc35)c3c5ccccc5c(N(c5ccccc5)c5ccc(-c6ccccc6)cc5)cc3n4-c3cccc4ccccc34)cc2)cc1. The molecule has 0 radical (unpaired) electrons. The highest BCUT2D eigenvalue weighted by Crippen LogP contribution is 2.50. The third kappa shape index (κ3) is 6.91. The van der Waals surface area contributed by atoms with Gasteiger partial charge in [-0.2, -0.15) is 0 Å². The molecule has 0 bridgehead atoms. The molecule has 1 heterocycles. The minimum Gasteiger partial charge on any atom is -0.310 e. The predicted octanol–water partition coefficient (Wildman–Crippen LogP) is 18.5. The van der Waals surface area contributed by atoms with E-state index in [0.717, 1.165) is 50.8 Å². The van der Waals surface area contributed by atoms with Crippen LogP contribution in [0.1, 0.15) is 0 Å². The van der Waals surface area contributed by atoms with Gasteiger partial charge in [0, 0.05) is 49.7 Å². The Hall–Kier alpha value is -9.18. The zero-order valence-corrected chi connectivity index (χ0v) is 37.8. The molecule has 0 aliphatic rings. The highest BCUT2D eigenvalue weighted by Gasteiger charge is 2.26. The van der Waals surface area contributed by atoms with E-state index in [1.54, 1.807) is 0 Å². The van der Waals surface area contributed by atoms with Crippen molar-refractivity contribution < 1.29 is 0 Å². The fourth-order valence-electron chi connectivity index (χ4n) is 10.6. The van der Waals surface area contributed by atoms with Gasteiger partial charge in [-0.3, -0.25) is 0 Å². The number of benzene rings is 12. The predicted molar refractivity (Wildman–Crippen MR) is 294 cm³/mol. The van der Waals surface area contributed by atoms with E-state index in [-0.39, 0.29) is 0 Å². The quantitative estimate of drug-likeness (QED) is 0.143. The Morgan fingerprint density at radius 3 is 1.03 bits per heavy atom. The van der Waals surface area contributed by atoms with Gasteiger partial charge in [-0.05, 0) is 105 Å². The van der Waals surface area contributed by atoms with Crippen LogP contribution in [0.2, 0.25) is 0 Å². The summed E-state index contributed by atoms with van der Waals surface area (Å²) < 4.78 is 2.54. The van der Waals surface area contributed by atoms with Crippen LogP contribution in [0.3, 0.4) is 0 Å². The van der Waals surface area contributed by atoms with Gasteiger partial charge < -0.3 is 14.4 Å². The van der Waals surface area contributed by atoms with E-state index in [1.165, 1.54) is 65.3 Å². The Balaban J connectivity index is 1.14. The van der Waals surface area contributed by atoms with Gasteiger partial charge in [0.1, 0.15) is 0 Å². The number of hydrogen-bond donors (Lipinski definition) is 0. The maximum atomic E-state index is 2.54. The Morgan fingerprint density at radius 2 is 0.580 bits per heavy atom. The number of fused-ring (bicyclic) bond motifs is 8. The van der Waals surface area contributed by atoms with Gasteiger partial charge in [-0.15, -0.1) is 0 Å². The second-order valence-corrected chi connectivity index (χ2v) is 17.7. The summed E-state index contributed by atoms with van der Waals surface area (Å²) in [4.78, 5) is 4.86. The number of aromatic nitrogens is 1. The third-order valence-corrected chi connectivity index (χ3v) is 13.7. The molecule has 0 saturated carbocycles. The van der Waals surface area contributed by atoms with Crippen molar-refractivity contribution in [1.82, 2.24) is 4.57 Å². The summed E-state index contributed by atoms with van der Waals surface area (Å²) in [5.41, 5.74) is 14.7. The van der Waals surface area contributed by atoms with Crippen molar-refractivity contribution in [3.05, 3.63) is 273 Å². The Bertz CT molecular complexity index is 3750. The zero-order valence-electron chi connectivity index (χ0n) is 37.8. The molecule has 0 aliphatic heterocycles. The standard InChI is InChI=1S/C66H45N3/c1-5-20-46(21-6-1)48-36-40-53(41-37-48)67(51-26-9-3-10-27-51)61-44-63-65(58-33-17-15-31-56(58)61)66-59-34-18-16-32-57(59)62(45-64(66)69(63)60-35-19-25-50-24-13-14-30-55(50)60)68(52-28-11-4-12-29-52)54-42-38-49(39-43-54)47-22-7-2-8-23-47/h1-45H. The van der Waals surface area contributed by atoms with Crippen molar-refractivity contribution in [2.45, 2.75) is 0 Å².